The number of fused-ring (bicyclic) bond motifs is 1. The van der Waals surface area contributed by atoms with Crippen molar-refractivity contribution in [3.05, 3.63) is 41.9 Å². The number of ether oxygens (including phenoxy) is 1. The molecule has 1 aromatic carbocycles. The van der Waals surface area contributed by atoms with E-state index in [1.54, 1.807) is 19.1 Å². The molecule has 0 amide bonds. The first-order chi connectivity index (χ1) is 8.19. The summed E-state index contributed by atoms with van der Waals surface area (Å²) in [6.07, 6.45) is 2.94. The molecule has 0 saturated heterocycles. The van der Waals surface area contributed by atoms with E-state index in [4.69, 9.17) is 4.74 Å². The van der Waals surface area contributed by atoms with Gasteiger partial charge in [-0.1, -0.05) is 0 Å². The molecule has 1 aromatic heterocycles. The first kappa shape index (κ1) is 11.4. The zero-order chi connectivity index (χ0) is 12.3. The Morgan fingerprint density at radius 2 is 2.29 bits per heavy atom. The van der Waals surface area contributed by atoms with Crippen molar-refractivity contribution >= 4 is 22.9 Å². The number of carbonyl (C=O) groups excluding carboxylic acids is 1. The van der Waals surface area contributed by atoms with Crippen LogP contribution in [0.3, 0.4) is 0 Å². The topological polar surface area (TPSA) is 42.1 Å². The minimum Gasteiger partial charge on any atom is -0.463 e. The van der Waals surface area contributed by atoms with Crippen molar-refractivity contribution in [3.63, 3.8) is 0 Å². The van der Waals surface area contributed by atoms with Crippen LogP contribution in [0.1, 0.15) is 12.6 Å². The molecule has 4 heteroatoms. The van der Waals surface area contributed by atoms with Gasteiger partial charge in [0.05, 0.1) is 6.61 Å². The summed E-state index contributed by atoms with van der Waals surface area (Å²) in [5, 5.41) is 0.898. The predicted molar refractivity (Wildman–Crippen MR) is 63.9 cm³/mol. The van der Waals surface area contributed by atoms with Crippen molar-refractivity contribution in [1.29, 1.82) is 0 Å². The second-order valence-electron chi connectivity index (χ2n) is 3.54. The van der Waals surface area contributed by atoms with Crippen LogP contribution in [0.15, 0.2) is 30.3 Å². The Kier molecular flexibility index (Phi) is 3.23. The lowest BCUT2D eigenvalue weighted by Gasteiger charge is -1.93. The van der Waals surface area contributed by atoms with E-state index in [2.05, 4.69) is 4.98 Å². The van der Waals surface area contributed by atoms with Crippen molar-refractivity contribution in [2.75, 3.05) is 6.61 Å². The molecule has 0 aliphatic carbocycles. The molecule has 0 radical (unpaired) electrons. The Morgan fingerprint density at radius 3 is 3.06 bits per heavy atom. The fourth-order valence-corrected chi connectivity index (χ4v) is 1.56. The summed E-state index contributed by atoms with van der Waals surface area (Å²) in [4.78, 5) is 14.1. The van der Waals surface area contributed by atoms with Gasteiger partial charge in [-0.15, -0.1) is 0 Å². The number of benzene rings is 1. The standard InChI is InChI=1S/C13H12FNO2/c1-2-17-13(16)6-5-11-7-9-3-4-10(14)8-12(9)15-11/h3-8,15H,2H2,1H3/b6-5+. The van der Waals surface area contributed by atoms with Crippen molar-refractivity contribution in [1.82, 2.24) is 4.98 Å². The van der Waals surface area contributed by atoms with Crippen molar-refractivity contribution < 1.29 is 13.9 Å². The Bertz CT molecular complexity index is 572. The SMILES string of the molecule is CCOC(=O)/C=C/c1cc2ccc(F)cc2[nH]1. The second kappa shape index (κ2) is 4.82. The van der Waals surface area contributed by atoms with E-state index >= 15 is 0 Å². The lowest BCUT2D eigenvalue weighted by Crippen LogP contribution is -1.98. The monoisotopic (exact) mass is 233 g/mol. The number of carbonyl (C=O) groups is 1. The summed E-state index contributed by atoms with van der Waals surface area (Å²) < 4.78 is 17.7. The van der Waals surface area contributed by atoms with E-state index < -0.39 is 5.97 Å². The van der Waals surface area contributed by atoms with Gasteiger partial charge in [-0.05, 0) is 37.3 Å². The fraction of sp³-hybridized carbons (Fsp3) is 0.154. The van der Waals surface area contributed by atoms with Crippen LogP contribution in [0.4, 0.5) is 4.39 Å². The third-order valence-corrected chi connectivity index (χ3v) is 2.29. The number of hydrogen-bond donors (Lipinski definition) is 1. The van der Waals surface area contributed by atoms with Crippen molar-refractivity contribution in [2.45, 2.75) is 6.92 Å². The summed E-state index contributed by atoms with van der Waals surface area (Å²) >= 11 is 0. The Morgan fingerprint density at radius 1 is 1.47 bits per heavy atom. The number of rotatable bonds is 3. The molecular formula is C13H12FNO2. The minimum absolute atomic E-state index is 0.291. The maximum Gasteiger partial charge on any atom is 0.330 e. The molecule has 0 aliphatic heterocycles. The van der Waals surface area contributed by atoms with Gasteiger partial charge in [-0.25, -0.2) is 9.18 Å². The average Bonchev–Trinajstić information content (AvgIpc) is 2.68. The molecule has 0 bridgehead atoms. The molecule has 1 N–H and O–H groups in total. The van der Waals surface area contributed by atoms with Gasteiger partial charge >= 0.3 is 5.97 Å². The number of nitrogens with one attached hydrogen (secondary N) is 1. The normalized spacial score (nSPS) is 11.2. The summed E-state index contributed by atoms with van der Waals surface area (Å²) in [7, 11) is 0. The Balaban J connectivity index is 2.22. The lowest BCUT2D eigenvalue weighted by atomic mass is 10.2. The number of aromatic amines is 1. The second-order valence-corrected chi connectivity index (χ2v) is 3.54. The predicted octanol–water partition coefficient (Wildman–Crippen LogP) is 2.88. The molecular weight excluding hydrogens is 221 g/mol. The fourth-order valence-electron chi connectivity index (χ4n) is 1.56. The molecule has 0 unspecified atom stereocenters. The van der Waals surface area contributed by atoms with E-state index in [9.17, 15) is 9.18 Å². The van der Waals surface area contributed by atoms with Gasteiger partial charge in [0.15, 0.2) is 0 Å². The van der Waals surface area contributed by atoms with Crippen molar-refractivity contribution in [2.24, 2.45) is 0 Å². The number of hydrogen-bond acceptors (Lipinski definition) is 2. The zero-order valence-electron chi connectivity index (χ0n) is 9.37. The maximum atomic E-state index is 12.9. The van der Waals surface area contributed by atoms with Crippen LogP contribution >= 0.6 is 0 Å². The van der Waals surface area contributed by atoms with E-state index in [0.717, 1.165) is 11.1 Å². The molecule has 17 heavy (non-hydrogen) atoms. The highest BCUT2D eigenvalue weighted by Crippen LogP contribution is 2.17. The van der Waals surface area contributed by atoms with Crippen LogP contribution in [0.2, 0.25) is 0 Å². The average molecular weight is 233 g/mol. The lowest BCUT2D eigenvalue weighted by molar-refractivity contribution is -0.137. The summed E-state index contributed by atoms with van der Waals surface area (Å²) in [6.45, 7) is 2.10. The van der Waals surface area contributed by atoms with Gasteiger partial charge in [0.2, 0.25) is 0 Å². The number of aromatic nitrogens is 1. The molecule has 0 fully saturated rings. The van der Waals surface area contributed by atoms with Crippen LogP contribution in [0.5, 0.6) is 0 Å². The number of H-pyrrole nitrogens is 1. The molecule has 0 aliphatic rings. The third kappa shape index (κ3) is 2.72. The summed E-state index contributed by atoms with van der Waals surface area (Å²) in [5.74, 6) is -0.683. The largest absolute Gasteiger partial charge is 0.463 e. The minimum atomic E-state index is -0.391. The highest BCUT2D eigenvalue weighted by molar-refractivity contribution is 5.89. The van der Waals surface area contributed by atoms with E-state index in [-0.39, 0.29) is 5.82 Å². The number of halogens is 1. The molecule has 0 atom stereocenters. The Labute approximate surface area is 97.9 Å². The maximum absolute atomic E-state index is 12.9. The highest BCUT2D eigenvalue weighted by atomic mass is 19.1. The molecule has 0 spiro atoms. The quantitative estimate of drug-likeness (QED) is 0.654. The molecule has 2 rings (SSSR count). The molecule has 1 heterocycles. The van der Waals surface area contributed by atoms with Crippen LogP contribution in [0, 0.1) is 5.82 Å². The van der Waals surface area contributed by atoms with Gasteiger partial charge in [0.25, 0.3) is 0 Å². The third-order valence-electron chi connectivity index (χ3n) is 2.29. The van der Waals surface area contributed by atoms with Gasteiger partial charge < -0.3 is 9.72 Å². The van der Waals surface area contributed by atoms with E-state index in [0.29, 0.717) is 12.1 Å². The molecule has 3 nitrogen and oxygen atoms in total. The van der Waals surface area contributed by atoms with Crippen LogP contribution < -0.4 is 0 Å². The van der Waals surface area contributed by atoms with Crippen molar-refractivity contribution in [3.8, 4) is 0 Å². The van der Waals surface area contributed by atoms with Gasteiger partial charge in [-0.2, -0.15) is 0 Å². The molecule has 2 aromatic rings. The highest BCUT2D eigenvalue weighted by Gasteiger charge is 2.00. The summed E-state index contributed by atoms with van der Waals surface area (Å²) in [6, 6.07) is 6.33. The van der Waals surface area contributed by atoms with Gasteiger partial charge in [-0.3, -0.25) is 0 Å². The van der Waals surface area contributed by atoms with Crippen LogP contribution in [-0.4, -0.2) is 17.6 Å². The molecule has 88 valence electrons. The van der Waals surface area contributed by atoms with Gasteiger partial charge in [0, 0.05) is 22.7 Å². The van der Waals surface area contributed by atoms with Crippen LogP contribution in [-0.2, 0) is 9.53 Å². The van der Waals surface area contributed by atoms with Crippen LogP contribution in [0.25, 0.3) is 17.0 Å². The first-order valence-electron chi connectivity index (χ1n) is 5.32. The summed E-state index contributed by atoms with van der Waals surface area (Å²) in [5.41, 5.74) is 1.44. The smallest absolute Gasteiger partial charge is 0.330 e. The van der Waals surface area contributed by atoms with Gasteiger partial charge in [0.1, 0.15) is 5.82 Å². The van der Waals surface area contributed by atoms with E-state index in [1.165, 1.54) is 18.2 Å². The number of esters is 1. The van der Waals surface area contributed by atoms with E-state index in [1.807, 2.05) is 6.07 Å². The Hall–Kier alpha value is -2.10. The zero-order valence-corrected chi connectivity index (χ0v) is 9.37. The molecule has 0 saturated carbocycles. The first-order valence-corrected chi connectivity index (χ1v) is 5.32.